The van der Waals surface area contributed by atoms with Crippen LogP contribution in [-0.2, 0) is 9.59 Å². The number of carbonyl (C=O) groups excluding carboxylic acids is 1. The predicted molar refractivity (Wildman–Crippen MR) is 51.6 cm³/mol. The van der Waals surface area contributed by atoms with Crippen LogP contribution in [0.4, 0.5) is 0 Å². The molecule has 0 aliphatic carbocycles. The Morgan fingerprint density at radius 3 is 2.07 bits per heavy atom. The molecule has 0 bridgehead atoms. The molecule has 0 aromatic carbocycles. The number of amides is 1. The molecule has 0 aliphatic rings. The number of aliphatic hydroxyl groups is 1. The van der Waals surface area contributed by atoms with Gasteiger partial charge in [0.15, 0.2) is 0 Å². The Balaban J connectivity index is 0. The van der Waals surface area contributed by atoms with Crippen LogP contribution >= 0.6 is 0 Å². The number of carbonyl (C=O) groups is 2. The van der Waals surface area contributed by atoms with Gasteiger partial charge in [0.1, 0.15) is 6.04 Å². The van der Waals surface area contributed by atoms with E-state index in [0.29, 0.717) is 0 Å². The van der Waals surface area contributed by atoms with Crippen LogP contribution < -0.4 is 11.1 Å². The Bertz CT molecular complexity index is 182. The van der Waals surface area contributed by atoms with Crippen LogP contribution in [0.3, 0.4) is 0 Å². The first kappa shape index (κ1) is 15.3. The highest BCUT2D eigenvalue weighted by molar-refractivity contribution is 5.86. The molecule has 0 aliphatic heterocycles. The number of aliphatic hydroxyl groups excluding tert-OH is 1. The second-order valence-corrected chi connectivity index (χ2v) is 2.37. The number of aliphatic carboxylic acids is 1. The third-order valence-electron chi connectivity index (χ3n) is 1.21. The van der Waals surface area contributed by atoms with Gasteiger partial charge in [0.25, 0.3) is 0 Å². The molecule has 0 fully saturated rings. The Morgan fingerprint density at radius 2 is 1.86 bits per heavy atom. The molecule has 0 heterocycles. The molecule has 2 atom stereocenters. The average molecular weight is 206 g/mol. The quantitative estimate of drug-likeness (QED) is 0.467. The van der Waals surface area contributed by atoms with Crippen LogP contribution in [0.5, 0.6) is 0 Å². The normalized spacial score (nSPS) is 13.2. The largest absolute Gasteiger partial charge is 0.480 e. The van der Waals surface area contributed by atoms with Gasteiger partial charge in [0, 0.05) is 0 Å². The zero-order valence-corrected chi connectivity index (χ0v) is 8.65. The van der Waals surface area contributed by atoms with E-state index in [1.807, 2.05) is 13.8 Å². The number of nitrogens with one attached hydrogen (secondary N) is 1. The molecule has 0 spiro atoms. The number of nitrogens with two attached hydrogens (primary N) is 1. The minimum Gasteiger partial charge on any atom is -0.480 e. The van der Waals surface area contributed by atoms with Crippen molar-refractivity contribution in [1.82, 2.24) is 5.32 Å². The van der Waals surface area contributed by atoms with Crippen LogP contribution in [0.1, 0.15) is 20.8 Å². The Hall–Kier alpha value is -1.14. The lowest BCUT2D eigenvalue weighted by atomic mass is 10.2. The molecule has 14 heavy (non-hydrogen) atoms. The molecule has 1 amide bonds. The number of carboxylic acid groups (broad SMARTS) is 1. The lowest BCUT2D eigenvalue weighted by molar-refractivity contribution is -0.143. The molecule has 0 aromatic rings. The second-order valence-electron chi connectivity index (χ2n) is 2.37. The van der Waals surface area contributed by atoms with Gasteiger partial charge in [-0.2, -0.15) is 0 Å². The summed E-state index contributed by atoms with van der Waals surface area (Å²) in [5.41, 5.74) is 5.15. The van der Waals surface area contributed by atoms with Gasteiger partial charge >= 0.3 is 5.97 Å². The molecule has 84 valence electrons. The van der Waals surface area contributed by atoms with Gasteiger partial charge in [-0.1, -0.05) is 13.8 Å². The molecule has 0 saturated carbocycles. The van der Waals surface area contributed by atoms with Crippen molar-refractivity contribution in [3.63, 3.8) is 0 Å². The fraction of sp³-hybridized carbons (Fsp3) is 0.750. The fourth-order valence-electron chi connectivity index (χ4n) is 0.489. The minimum atomic E-state index is -1.29. The molecular weight excluding hydrogens is 188 g/mol. The van der Waals surface area contributed by atoms with E-state index in [2.05, 4.69) is 5.32 Å². The molecule has 6 nitrogen and oxygen atoms in total. The van der Waals surface area contributed by atoms with Crippen molar-refractivity contribution in [2.75, 3.05) is 6.61 Å². The van der Waals surface area contributed by atoms with Gasteiger partial charge in [-0.3, -0.25) is 4.79 Å². The number of hydrogen-bond acceptors (Lipinski definition) is 4. The van der Waals surface area contributed by atoms with Crippen LogP contribution in [0, 0.1) is 0 Å². The topological polar surface area (TPSA) is 113 Å². The zero-order chi connectivity index (χ0) is 11.7. The highest BCUT2D eigenvalue weighted by Gasteiger charge is 2.19. The standard InChI is InChI=1S/C6H12N2O4.C2H6/c1-3(7)5(10)8-4(2-9)6(11)12;1-2/h3-4,9H,2,7H2,1H3,(H,8,10)(H,11,12);1-2H3/t3-,4?;/m0./s1. The highest BCUT2D eigenvalue weighted by Crippen LogP contribution is 1.84. The molecule has 1 unspecified atom stereocenters. The molecule has 5 N–H and O–H groups in total. The number of hydrogen-bond donors (Lipinski definition) is 4. The molecule has 6 heteroatoms. The number of carboxylic acids is 1. The summed E-state index contributed by atoms with van der Waals surface area (Å²) in [4.78, 5) is 21.1. The fourth-order valence-corrected chi connectivity index (χ4v) is 0.489. The van der Waals surface area contributed by atoms with Gasteiger partial charge in [-0.15, -0.1) is 0 Å². The summed E-state index contributed by atoms with van der Waals surface area (Å²) in [5, 5.41) is 18.9. The van der Waals surface area contributed by atoms with E-state index in [1.54, 1.807) is 0 Å². The monoisotopic (exact) mass is 206 g/mol. The van der Waals surface area contributed by atoms with E-state index in [0.717, 1.165) is 0 Å². The number of rotatable bonds is 4. The second kappa shape index (κ2) is 8.46. The summed E-state index contributed by atoms with van der Waals surface area (Å²) in [6.07, 6.45) is 0. The Morgan fingerprint density at radius 1 is 1.43 bits per heavy atom. The predicted octanol–water partition coefficient (Wildman–Crippen LogP) is -1.08. The summed E-state index contributed by atoms with van der Waals surface area (Å²) in [7, 11) is 0. The van der Waals surface area contributed by atoms with Gasteiger partial charge in [0.05, 0.1) is 12.6 Å². The maximum atomic E-state index is 10.8. The van der Waals surface area contributed by atoms with Gasteiger partial charge in [0.2, 0.25) is 5.91 Å². The van der Waals surface area contributed by atoms with E-state index < -0.39 is 30.6 Å². The minimum absolute atomic E-state index is 0.601. The van der Waals surface area contributed by atoms with E-state index in [1.165, 1.54) is 6.92 Å². The van der Waals surface area contributed by atoms with Crippen LogP contribution in [-0.4, -0.2) is 40.8 Å². The first-order valence-electron chi connectivity index (χ1n) is 4.38. The summed E-state index contributed by atoms with van der Waals surface area (Å²) in [6.45, 7) is 4.78. The van der Waals surface area contributed by atoms with Gasteiger partial charge in [-0.25, -0.2) is 4.79 Å². The van der Waals surface area contributed by atoms with Gasteiger partial charge < -0.3 is 21.3 Å². The smallest absolute Gasteiger partial charge is 0.328 e. The summed E-state index contributed by atoms with van der Waals surface area (Å²) < 4.78 is 0. The summed E-state index contributed by atoms with van der Waals surface area (Å²) in [5.74, 6) is -1.89. The molecule has 0 aromatic heterocycles. The van der Waals surface area contributed by atoms with Crippen LogP contribution in [0.15, 0.2) is 0 Å². The first-order chi connectivity index (χ1) is 6.49. The van der Waals surface area contributed by atoms with E-state index in [-0.39, 0.29) is 0 Å². The SMILES string of the molecule is CC.C[C@H](N)C(=O)NC(CO)C(=O)O. The Kier molecular flexibility index (Phi) is 9.27. The lowest BCUT2D eigenvalue weighted by Gasteiger charge is -2.12. The third kappa shape index (κ3) is 6.38. The lowest BCUT2D eigenvalue weighted by Crippen LogP contribution is -2.48. The average Bonchev–Trinajstić information content (AvgIpc) is 2.16. The maximum Gasteiger partial charge on any atom is 0.328 e. The van der Waals surface area contributed by atoms with Crippen LogP contribution in [0.25, 0.3) is 0 Å². The van der Waals surface area contributed by atoms with E-state index in [9.17, 15) is 9.59 Å². The first-order valence-corrected chi connectivity index (χ1v) is 4.38. The highest BCUT2D eigenvalue weighted by atomic mass is 16.4. The van der Waals surface area contributed by atoms with Crippen molar-refractivity contribution in [2.45, 2.75) is 32.9 Å². The van der Waals surface area contributed by atoms with Crippen molar-refractivity contribution in [3.05, 3.63) is 0 Å². The van der Waals surface area contributed by atoms with Crippen LogP contribution in [0.2, 0.25) is 0 Å². The van der Waals surface area contributed by atoms with Crippen molar-refractivity contribution in [3.8, 4) is 0 Å². The molecular formula is C8H18N2O4. The van der Waals surface area contributed by atoms with Crippen molar-refractivity contribution in [2.24, 2.45) is 5.73 Å². The zero-order valence-electron chi connectivity index (χ0n) is 8.65. The van der Waals surface area contributed by atoms with Crippen molar-refractivity contribution >= 4 is 11.9 Å². The summed E-state index contributed by atoms with van der Waals surface area (Å²) in [6, 6.07) is -2.05. The van der Waals surface area contributed by atoms with E-state index >= 15 is 0 Å². The molecule has 0 rings (SSSR count). The van der Waals surface area contributed by atoms with Crippen molar-refractivity contribution in [1.29, 1.82) is 0 Å². The Labute approximate surface area is 83.1 Å². The molecule has 0 radical (unpaired) electrons. The third-order valence-corrected chi connectivity index (χ3v) is 1.21. The summed E-state index contributed by atoms with van der Waals surface area (Å²) >= 11 is 0. The van der Waals surface area contributed by atoms with Crippen molar-refractivity contribution < 1.29 is 19.8 Å². The van der Waals surface area contributed by atoms with E-state index in [4.69, 9.17) is 15.9 Å². The van der Waals surface area contributed by atoms with Gasteiger partial charge in [-0.05, 0) is 6.92 Å². The maximum absolute atomic E-state index is 10.8. The molecule has 0 saturated heterocycles.